The highest BCUT2D eigenvalue weighted by molar-refractivity contribution is 7.88. The summed E-state index contributed by atoms with van der Waals surface area (Å²) < 4.78 is 27.8. The van der Waals surface area contributed by atoms with E-state index in [0.29, 0.717) is 18.5 Å². The van der Waals surface area contributed by atoms with Crippen molar-refractivity contribution in [3.8, 4) is 0 Å². The number of sulfonamides is 1. The fraction of sp³-hybridized carbons (Fsp3) is 0.182. The number of nitro benzene ring substituents is 1. The summed E-state index contributed by atoms with van der Waals surface area (Å²) in [6.07, 6.45) is 0.604. The van der Waals surface area contributed by atoms with Crippen molar-refractivity contribution in [1.82, 2.24) is 4.31 Å². The second-order valence-corrected chi connectivity index (χ2v) is 8.70. The lowest BCUT2D eigenvalue weighted by molar-refractivity contribution is -0.384. The molecule has 150 valence electrons. The number of nitro groups is 1. The molecule has 0 heterocycles. The molecule has 0 aliphatic carbocycles. The molecule has 0 aliphatic rings. The molecule has 0 unspecified atom stereocenters. The van der Waals surface area contributed by atoms with Gasteiger partial charge in [0.25, 0.3) is 5.69 Å². The fourth-order valence-corrected chi connectivity index (χ4v) is 4.53. The first-order chi connectivity index (χ1) is 13.9. The molecule has 0 radical (unpaired) electrons. The van der Waals surface area contributed by atoms with E-state index in [9.17, 15) is 18.5 Å². The summed E-state index contributed by atoms with van der Waals surface area (Å²) in [4.78, 5) is 10.3. The third kappa shape index (κ3) is 5.97. The quantitative estimate of drug-likeness (QED) is 0.392. The Morgan fingerprint density at radius 1 is 0.759 bits per heavy atom. The minimum Gasteiger partial charge on any atom is -0.258 e. The Hall–Kier alpha value is -3.03. The normalized spacial score (nSPS) is 11.5. The van der Waals surface area contributed by atoms with E-state index < -0.39 is 14.9 Å². The first kappa shape index (κ1) is 20.7. The minimum atomic E-state index is -3.61. The van der Waals surface area contributed by atoms with E-state index in [1.54, 1.807) is 0 Å². The molecular weight excluding hydrogens is 388 g/mol. The molecule has 6 nitrogen and oxygen atoms in total. The minimum absolute atomic E-state index is 0.0589. The zero-order valence-electron chi connectivity index (χ0n) is 15.8. The van der Waals surface area contributed by atoms with Crippen molar-refractivity contribution >= 4 is 15.7 Å². The van der Waals surface area contributed by atoms with E-state index in [1.165, 1.54) is 28.6 Å². The number of benzene rings is 3. The van der Waals surface area contributed by atoms with E-state index in [4.69, 9.17) is 0 Å². The summed E-state index contributed by atoms with van der Waals surface area (Å²) in [5, 5.41) is 10.8. The van der Waals surface area contributed by atoms with Gasteiger partial charge in [0.05, 0.1) is 10.7 Å². The van der Waals surface area contributed by atoms with Crippen LogP contribution in [0, 0.1) is 10.1 Å². The van der Waals surface area contributed by atoms with Crippen LogP contribution in [0.3, 0.4) is 0 Å². The van der Waals surface area contributed by atoms with Crippen molar-refractivity contribution in [3.63, 3.8) is 0 Å². The van der Waals surface area contributed by atoms with E-state index in [1.807, 2.05) is 60.7 Å². The Balaban J connectivity index is 1.79. The Morgan fingerprint density at radius 3 is 1.86 bits per heavy atom. The molecule has 0 aliphatic heterocycles. The predicted molar refractivity (Wildman–Crippen MR) is 113 cm³/mol. The number of hydrogen-bond acceptors (Lipinski definition) is 4. The van der Waals surface area contributed by atoms with Gasteiger partial charge in [-0.25, -0.2) is 8.42 Å². The van der Waals surface area contributed by atoms with Crippen LogP contribution in [0.15, 0.2) is 84.9 Å². The predicted octanol–water partition coefficient (Wildman–Crippen LogP) is 4.17. The molecule has 0 spiro atoms. The third-order valence-electron chi connectivity index (χ3n) is 4.58. The van der Waals surface area contributed by atoms with Gasteiger partial charge < -0.3 is 0 Å². The molecule has 0 amide bonds. The van der Waals surface area contributed by atoms with Crippen molar-refractivity contribution in [2.45, 2.75) is 18.7 Å². The van der Waals surface area contributed by atoms with Crippen LogP contribution in [0.2, 0.25) is 0 Å². The Kier molecular flexibility index (Phi) is 6.74. The largest absolute Gasteiger partial charge is 0.269 e. The maximum Gasteiger partial charge on any atom is 0.269 e. The summed E-state index contributed by atoms with van der Waals surface area (Å²) in [5.41, 5.74) is 2.44. The van der Waals surface area contributed by atoms with Crippen LogP contribution in [0.5, 0.6) is 0 Å². The lowest BCUT2D eigenvalue weighted by Gasteiger charge is -2.22. The summed E-state index contributed by atoms with van der Waals surface area (Å²) >= 11 is 0. The Morgan fingerprint density at radius 2 is 1.31 bits per heavy atom. The van der Waals surface area contributed by atoms with Gasteiger partial charge in [0.2, 0.25) is 10.0 Å². The zero-order valence-corrected chi connectivity index (χ0v) is 16.7. The van der Waals surface area contributed by atoms with Crippen LogP contribution < -0.4 is 0 Å². The highest BCUT2D eigenvalue weighted by Crippen LogP contribution is 2.18. The van der Waals surface area contributed by atoms with Gasteiger partial charge in [-0.15, -0.1) is 0 Å². The van der Waals surface area contributed by atoms with Gasteiger partial charge in [-0.1, -0.05) is 72.8 Å². The molecule has 0 saturated heterocycles. The van der Waals surface area contributed by atoms with Gasteiger partial charge >= 0.3 is 0 Å². The van der Waals surface area contributed by atoms with Gasteiger partial charge in [0.15, 0.2) is 0 Å². The lowest BCUT2D eigenvalue weighted by Crippen LogP contribution is -2.33. The molecule has 7 heteroatoms. The summed E-state index contributed by atoms with van der Waals surface area (Å²) in [7, 11) is -3.61. The van der Waals surface area contributed by atoms with Crippen LogP contribution >= 0.6 is 0 Å². The average molecular weight is 410 g/mol. The highest BCUT2D eigenvalue weighted by atomic mass is 32.2. The first-order valence-corrected chi connectivity index (χ1v) is 10.8. The van der Waals surface area contributed by atoms with Gasteiger partial charge in [0, 0.05) is 25.2 Å². The maximum absolute atomic E-state index is 13.1. The Bertz CT molecular complexity index is 1040. The molecule has 0 atom stereocenters. The van der Waals surface area contributed by atoms with E-state index in [-0.39, 0.29) is 18.0 Å². The first-order valence-electron chi connectivity index (χ1n) is 9.23. The van der Waals surface area contributed by atoms with Gasteiger partial charge in [0.1, 0.15) is 0 Å². The van der Waals surface area contributed by atoms with Crippen molar-refractivity contribution in [2.24, 2.45) is 0 Å². The van der Waals surface area contributed by atoms with Crippen LogP contribution in [0.1, 0.15) is 16.7 Å². The van der Waals surface area contributed by atoms with E-state index in [2.05, 4.69) is 0 Å². The molecule has 0 aromatic heterocycles. The molecule has 3 aromatic rings. The smallest absolute Gasteiger partial charge is 0.258 e. The number of non-ortho nitro benzene ring substituents is 1. The van der Waals surface area contributed by atoms with Crippen LogP contribution in [-0.2, 0) is 28.7 Å². The zero-order chi connectivity index (χ0) is 20.7. The maximum atomic E-state index is 13.1. The average Bonchev–Trinajstić information content (AvgIpc) is 2.72. The standard InChI is InChI=1S/C22H22N2O4S/c25-24(26)22-13-11-21(12-14-22)18-29(27,28)23(17-20-9-5-2-6-10-20)16-15-19-7-3-1-4-8-19/h1-14H,15-18H2. The molecule has 29 heavy (non-hydrogen) atoms. The van der Waals surface area contributed by atoms with Crippen molar-refractivity contribution in [2.75, 3.05) is 6.54 Å². The number of rotatable bonds is 9. The second kappa shape index (κ2) is 9.45. The fourth-order valence-electron chi connectivity index (χ4n) is 3.02. The molecule has 0 fully saturated rings. The third-order valence-corrected chi connectivity index (χ3v) is 6.38. The van der Waals surface area contributed by atoms with Crippen LogP contribution in [0.4, 0.5) is 5.69 Å². The highest BCUT2D eigenvalue weighted by Gasteiger charge is 2.23. The topological polar surface area (TPSA) is 80.5 Å². The van der Waals surface area contributed by atoms with Crippen molar-refractivity contribution in [3.05, 3.63) is 112 Å². The van der Waals surface area contributed by atoms with Crippen LogP contribution in [-0.4, -0.2) is 24.2 Å². The van der Waals surface area contributed by atoms with Crippen molar-refractivity contribution in [1.29, 1.82) is 0 Å². The van der Waals surface area contributed by atoms with E-state index >= 15 is 0 Å². The number of hydrogen-bond donors (Lipinski definition) is 0. The molecule has 0 N–H and O–H groups in total. The summed E-state index contributed by atoms with van der Waals surface area (Å²) in [6.45, 7) is 0.636. The molecule has 0 bridgehead atoms. The Labute approximate surface area is 170 Å². The SMILES string of the molecule is O=[N+]([O-])c1ccc(CS(=O)(=O)N(CCc2ccccc2)Cc2ccccc2)cc1. The molecule has 3 rings (SSSR count). The molecule has 3 aromatic carbocycles. The monoisotopic (exact) mass is 410 g/mol. The van der Waals surface area contributed by atoms with Crippen molar-refractivity contribution < 1.29 is 13.3 Å². The molecule has 0 saturated carbocycles. The second-order valence-electron chi connectivity index (χ2n) is 6.73. The summed E-state index contributed by atoms with van der Waals surface area (Å²) in [6, 6.07) is 24.8. The van der Waals surface area contributed by atoms with Gasteiger partial charge in [-0.05, 0) is 23.1 Å². The lowest BCUT2D eigenvalue weighted by atomic mass is 10.1. The van der Waals surface area contributed by atoms with Gasteiger partial charge in [-0.2, -0.15) is 4.31 Å². The summed E-state index contributed by atoms with van der Waals surface area (Å²) in [5.74, 6) is -0.202. The number of nitrogens with zero attached hydrogens (tertiary/aromatic N) is 2. The van der Waals surface area contributed by atoms with Crippen LogP contribution in [0.25, 0.3) is 0 Å². The van der Waals surface area contributed by atoms with Gasteiger partial charge in [-0.3, -0.25) is 10.1 Å². The van der Waals surface area contributed by atoms with E-state index in [0.717, 1.165) is 11.1 Å². The molecular formula is C22H22N2O4S.